The van der Waals surface area contributed by atoms with Gasteiger partial charge in [-0.05, 0) is 6.92 Å². The van der Waals surface area contributed by atoms with E-state index >= 15 is 0 Å². The molecule has 8 nitrogen and oxygen atoms in total. The molecule has 6 N–H and O–H groups in total. The standard InChI is InChI=1S/C7H8.C6H6.2CH4N4/c1-7-5-3-2-4-6-7;1-2-4-6-5-3-1;2*2-4-1-5-3/h2-6H,1H3;1-6H;2*1-2H,3H2. The topological polar surface area (TPSA) is 149 Å². The average Bonchev–Trinajstić information content (AvgIpc) is 2.60. The molecule has 23 heavy (non-hydrogen) atoms. The zero-order valence-electron chi connectivity index (χ0n) is 12.9. The Balaban J connectivity index is 0. The smallest absolute Gasteiger partial charge is 0.156 e. The quantitative estimate of drug-likeness (QED) is 0.220. The lowest BCUT2D eigenvalue weighted by atomic mass is 10.2. The van der Waals surface area contributed by atoms with Crippen LogP contribution in [0.15, 0.2) is 87.2 Å². The number of nitrogens with two attached hydrogens (primary N) is 2. The van der Waals surface area contributed by atoms with Crippen molar-refractivity contribution in [1.82, 2.24) is 0 Å². The van der Waals surface area contributed by atoms with Crippen molar-refractivity contribution >= 4 is 12.7 Å². The van der Waals surface area contributed by atoms with E-state index in [0.717, 1.165) is 12.7 Å². The largest absolute Gasteiger partial charge is 0.322 e. The molecular weight excluding hydrogens is 292 g/mol. The molecular formula is C15H22N8. The predicted octanol–water partition coefficient (Wildman–Crippen LogP) is 3.52. The summed E-state index contributed by atoms with van der Waals surface area (Å²) in [4.78, 5) is 0. The highest BCUT2D eigenvalue weighted by Crippen LogP contribution is 1.92. The minimum absolute atomic E-state index is 0.944. The summed E-state index contributed by atoms with van der Waals surface area (Å²) in [7, 11) is 0. The Morgan fingerprint density at radius 1 is 0.696 bits per heavy atom. The van der Waals surface area contributed by atoms with Crippen molar-refractivity contribution in [3.05, 3.63) is 72.3 Å². The molecule has 2 rings (SSSR count). The van der Waals surface area contributed by atoms with E-state index in [4.69, 9.17) is 11.1 Å². The fourth-order valence-electron chi connectivity index (χ4n) is 0.986. The Morgan fingerprint density at radius 2 is 1.00 bits per heavy atom. The summed E-state index contributed by atoms with van der Waals surface area (Å²) in [5, 5.41) is 11.1. The fourth-order valence-corrected chi connectivity index (χ4v) is 0.986. The van der Waals surface area contributed by atoms with E-state index in [1.165, 1.54) is 5.56 Å². The van der Waals surface area contributed by atoms with Gasteiger partial charge in [-0.15, -0.1) is 10.2 Å². The van der Waals surface area contributed by atoms with Crippen molar-refractivity contribution in [3.8, 4) is 0 Å². The van der Waals surface area contributed by atoms with Crippen LogP contribution in [0.5, 0.6) is 0 Å². The molecule has 0 bridgehead atoms. The maximum Gasteiger partial charge on any atom is 0.156 e. The van der Waals surface area contributed by atoms with Gasteiger partial charge in [0.05, 0.1) is 0 Å². The van der Waals surface area contributed by atoms with E-state index in [1.807, 2.05) is 54.6 Å². The van der Waals surface area contributed by atoms with Gasteiger partial charge in [-0.2, -0.15) is 10.2 Å². The van der Waals surface area contributed by atoms with Crippen LogP contribution in [0.3, 0.4) is 0 Å². The number of hydrogen-bond acceptors (Lipinski definition) is 6. The first-order valence-corrected chi connectivity index (χ1v) is 6.41. The van der Waals surface area contributed by atoms with Crippen LogP contribution in [0.4, 0.5) is 0 Å². The monoisotopic (exact) mass is 314 g/mol. The van der Waals surface area contributed by atoms with Gasteiger partial charge in [0, 0.05) is 0 Å². The molecule has 0 spiro atoms. The molecule has 0 unspecified atom stereocenters. The average molecular weight is 314 g/mol. The SMILES string of the molecule is Cc1ccccc1.N=NC=NN.N=NC=NN.c1ccccc1. The second-order valence-corrected chi connectivity index (χ2v) is 3.60. The number of hydrogen-bond donors (Lipinski definition) is 4. The number of rotatable bonds is 2. The highest BCUT2D eigenvalue weighted by molar-refractivity contribution is 5.53. The molecule has 122 valence electrons. The maximum atomic E-state index is 6.00. The van der Waals surface area contributed by atoms with Crippen molar-refractivity contribution in [2.45, 2.75) is 6.92 Å². The third-order valence-electron chi connectivity index (χ3n) is 1.86. The summed E-state index contributed by atoms with van der Waals surface area (Å²) in [6.07, 6.45) is 1.89. The molecule has 0 amide bonds. The molecule has 0 aromatic heterocycles. The van der Waals surface area contributed by atoms with Gasteiger partial charge >= 0.3 is 0 Å². The van der Waals surface area contributed by atoms with E-state index in [2.05, 4.69) is 51.2 Å². The molecule has 0 aliphatic carbocycles. The Bertz CT molecular complexity index is 483. The minimum atomic E-state index is 0.944. The molecule has 0 heterocycles. The lowest BCUT2D eigenvalue weighted by Gasteiger charge is -1.82. The molecule has 0 aliphatic heterocycles. The summed E-state index contributed by atoms with van der Waals surface area (Å²) in [6, 6.07) is 22.3. The summed E-state index contributed by atoms with van der Waals surface area (Å²) in [5.41, 5.74) is 13.3. The third kappa shape index (κ3) is 24.0. The van der Waals surface area contributed by atoms with E-state index in [0.29, 0.717) is 0 Å². The van der Waals surface area contributed by atoms with Crippen LogP contribution in [-0.2, 0) is 0 Å². The number of nitrogens with one attached hydrogen (secondary N) is 2. The Labute approximate surface area is 135 Å². The molecule has 0 fully saturated rings. The zero-order chi connectivity index (χ0) is 17.6. The first kappa shape index (κ1) is 21.9. The van der Waals surface area contributed by atoms with Gasteiger partial charge in [-0.25, -0.2) is 11.1 Å². The van der Waals surface area contributed by atoms with Crippen LogP contribution < -0.4 is 11.7 Å². The maximum absolute atomic E-state index is 6.00. The first-order chi connectivity index (χ1) is 11.2. The zero-order valence-corrected chi connectivity index (χ0v) is 12.9. The molecule has 2 aromatic carbocycles. The fraction of sp³-hybridized carbons (Fsp3) is 0.0667. The molecule has 8 heteroatoms. The second-order valence-electron chi connectivity index (χ2n) is 3.60. The minimum Gasteiger partial charge on any atom is -0.322 e. The van der Waals surface area contributed by atoms with Crippen molar-refractivity contribution in [3.63, 3.8) is 0 Å². The van der Waals surface area contributed by atoms with Gasteiger partial charge in [0.25, 0.3) is 0 Å². The normalized spacial score (nSPS) is 8.57. The summed E-state index contributed by atoms with van der Waals surface area (Å²) >= 11 is 0. The first-order valence-electron chi connectivity index (χ1n) is 6.41. The lowest BCUT2D eigenvalue weighted by molar-refractivity contribution is 1.17. The van der Waals surface area contributed by atoms with Gasteiger partial charge in [0.2, 0.25) is 0 Å². The summed E-state index contributed by atoms with van der Waals surface area (Å²) in [5.74, 6) is 8.99. The molecule has 0 aliphatic rings. The van der Waals surface area contributed by atoms with Gasteiger partial charge in [0.15, 0.2) is 12.7 Å². The van der Waals surface area contributed by atoms with Gasteiger partial charge in [0.1, 0.15) is 0 Å². The van der Waals surface area contributed by atoms with Crippen LogP contribution in [0.2, 0.25) is 0 Å². The molecule has 0 saturated heterocycles. The van der Waals surface area contributed by atoms with Gasteiger partial charge in [-0.1, -0.05) is 72.3 Å². The second kappa shape index (κ2) is 20.9. The van der Waals surface area contributed by atoms with Crippen molar-refractivity contribution < 1.29 is 0 Å². The Morgan fingerprint density at radius 3 is 1.13 bits per heavy atom. The van der Waals surface area contributed by atoms with E-state index in [1.54, 1.807) is 0 Å². The molecule has 0 radical (unpaired) electrons. The number of hydrazone groups is 2. The highest BCUT2D eigenvalue weighted by Gasteiger charge is 1.72. The molecule has 0 saturated carbocycles. The van der Waals surface area contributed by atoms with Crippen LogP contribution in [0.1, 0.15) is 5.56 Å². The Kier molecular flexibility index (Phi) is 19.9. The van der Waals surface area contributed by atoms with E-state index in [-0.39, 0.29) is 0 Å². The molecule has 0 atom stereocenters. The van der Waals surface area contributed by atoms with E-state index in [9.17, 15) is 0 Å². The number of aryl methyl sites for hydroxylation is 1. The van der Waals surface area contributed by atoms with Gasteiger partial charge < -0.3 is 11.7 Å². The van der Waals surface area contributed by atoms with Crippen LogP contribution in [0.25, 0.3) is 0 Å². The molecule has 2 aromatic rings. The number of nitrogens with zero attached hydrogens (tertiary/aromatic N) is 4. The van der Waals surface area contributed by atoms with Crippen molar-refractivity contribution in [2.75, 3.05) is 0 Å². The third-order valence-corrected chi connectivity index (χ3v) is 1.86. The van der Waals surface area contributed by atoms with E-state index < -0.39 is 0 Å². The summed E-state index contributed by atoms with van der Waals surface area (Å²) in [6.45, 7) is 2.08. The Hall–Kier alpha value is -3.42. The van der Waals surface area contributed by atoms with Crippen LogP contribution in [-0.4, -0.2) is 12.7 Å². The lowest BCUT2D eigenvalue weighted by Crippen LogP contribution is -1.75. The predicted molar refractivity (Wildman–Crippen MR) is 93.3 cm³/mol. The van der Waals surface area contributed by atoms with Crippen molar-refractivity contribution in [2.24, 2.45) is 32.1 Å². The van der Waals surface area contributed by atoms with Crippen LogP contribution >= 0.6 is 0 Å². The highest BCUT2D eigenvalue weighted by atomic mass is 15.2. The van der Waals surface area contributed by atoms with Crippen LogP contribution in [0, 0.1) is 18.0 Å². The number of benzene rings is 2. The van der Waals surface area contributed by atoms with Crippen molar-refractivity contribution in [1.29, 1.82) is 11.1 Å². The van der Waals surface area contributed by atoms with Gasteiger partial charge in [-0.3, -0.25) is 0 Å². The summed E-state index contributed by atoms with van der Waals surface area (Å²) < 4.78 is 0.